The minimum absolute atomic E-state index is 0.642. The van der Waals surface area contributed by atoms with Gasteiger partial charge >= 0.3 is 0 Å². The van der Waals surface area contributed by atoms with Crippen LogP contribution in [-0.4, -0.2) is 68.5 Å². The standard InChI is InChI=1S/C12H12N4.C8H11N3O.C8H13NO/c1-8-3-9-4-11(15-12(9)13-5-8)10-6-14-16(2)7-10;1-6-8(11-5-12)3-7(9-2)4-10-6;10-4-3-9-6-7-1-2-8(9)5-7/h3-7H,1-2H3,(H,13,15);3-5,9H,1-2H3,(H,11,12);4,7-8H,1-3,5-6H2. The number of aldehydes is 1. The molecular formula is C28H36N8O2. The molecule has 38 heavy (non-hydrogen) atoms. The van der Waals surface area contributed by atoms with E-state index in [2.05, 4.69) is 47.7 Å². The molecule has 3 N–H and O–H groups in total. The molecule has 10 nitrogen and oxygen atoms in total. The van der Waals surface area contributed by atoms with Gasteiger partial charge in [0.1, 0.15) is 11.9 Å². The summed E-state index contributed by atoms with van der Waals surface area (Å²) in [7, 11) is 3.71. The van der Waals surface area contributed by atoms with Crippen LogP contribution in [0.4, 0.5) is 11.4 Å². The van der Waals surface area contributed by atoms with Gasteiger partial charge in [-0.25, -0.2) is 4.98 Å². The average Bonchev–Trinajstić information content (AvgIpc) is 3.71. The molecule has 2 fully saturated rings. The van der Waals surface area contributed by atoms with Gasteiger partial charge in [-0.1, -0.05) is 0 Å². The number of aromatic amines is 1. The molecule has 1 aliphatic heterocycles. The Kier molecular flexibility index (Phi) is 8.85. The summed E-state index contributed by atoms with van der Waals surface area (Å²) in [5.74, 6) is 0.921. The van der Waals surface area contributed by atoms with Crippen LogP contribution in [0.5, 0.6) is 0 Å². The molecule has 4 aromatic heterocycles. The summed E-state index contributed by atoms with van der Waals surface area (Å²) in [6, 6.07) is 6.82. The molecule has 200 valence electrons. The molecule has 2 bridgehead atoms. The molecule has 5 heterocycles. The highest BCUT2D eigenvalue weighted by Gasteiger charge is 2.36. The quantitative estimate of drug-likeness (QED) is 0.332. The fourth-order valence-electron chi connectivity index (χ4n) is 5.07. The number of pyridine rings is 2. The lowest BCUT2D eigenvalue weighted by molar-refractivity contribution is -0.109. The van der Waals surface area contributed by atoms with Gasteiger partial charge in [0, 0.05) is 50.0 Å². The zero-order chi connectivity index (χ0) is 27.1. The van der Waals surface area contributed by atoms with Gasteiger partial charge < -0.3 is 20.4 Å². The normalized spacial score (nSPS) is 17.8. The van der Waals surface area contributed by atoms with Crippen LogP contribution in [0.2, 0.25) is 0 Å². The number of nitrogens with one attached hydrogen (secondary N) is 3. The zero-order valence-electron chi connectivity index (χ0n) is 22.4. The molecule has 1 aliphatic carbocycles. The number of aromatic nitrogens is 5. The summed E-state index contributed by atoms with van der Waals surface area (Å²) in [5.41, 5.74) is 6.65. The van der Waals surface area contributed by atoms with Gasteiger partial charge in [-0.3, -0.25) is 19.4 Å². The molecule has 2 atom stereocenters. The lowest BCUT2D eigenvalue weighted by Gasteiger charge is -2.23. The SMILES string of the molecule is CNc1cnc(C)c(NC=O)c1.Cc1cnc2[nH]c(-c3cnn(C)c3)cc2c1.O=CCN1CC2CCC1C2. The Balaban J connectivity index is 0.000000137. The molecule has 2 aliphatic rings. The Morgan fingerprint density at radius 2 is 1.95 bits per heavy atom. The molecule has 1 saturated carbocycles. The lowest BCUT2D eigenvalue weighted by Crippen LogP contribution is -2.33. The fourth-order valence-corrected chi connectivity index (χ4v) is 5.07. The number of H-pyrrole nitrogens is 1. The maximum absolute atomic E-state index is 10.2. The van der Waals surface area contributed by atoms with Gasteiger partial charge in [-0.2, -0.15) is 5.10 Å². The van der Waals surface area contributed by atoms with Gasteiger partial charge in [-0.05, 0) is 62.8 Å². The molecule has 4 aromatic rings. The summed E-state index contributed by atoms with van der Waals surface area (Å²) < 4.78 is 1.79. The molecule has 10 heteroatoms. The summed E-state index contributed by atoms with van der Waals surface area (Å²) in [4.78, 5) is 34.4. The van der Waals surface area contributed by atoms with Crippen LogP contribution in [0.1, 0.15) is 30.5 Å². The molecule has 1 amide bonds. The van der Waals surface area contributed by atoms with Crippen molar-refractivity contribution >= 4 is 35.1 Å². The zero-order valence-corrected chi connectivity index (χ0v) is 22.4. The molecule has 0 aromatic carbocycles. The second kappa shape index (κ2) is 12.5. The molecule has 2 unspecified atom stereocenters. The number of carbonyl (C=O) groups excluding carboxylic acids is 2. The van der Waals surface area contributed by atoms with Crippen molar-refractivity contribution in [1.82, 2.24) is 29.6 Å². The van der Waals surface area contributed by atoms with Crippen LogP contribution in [0.15, 0.2) is 43.0 Å². The van der Waals surface area contributed by atoms with E-state index in [1.807, 2.05) is 45.6 Å². The number of piperidine rings is 1. The minimum Gasteiger partial charge on any atom is -0.387 e. The maximum atomic E-state index is 10.2. The highest BCUT2D eigenvalue weighted by atomic mass is 16.1. The number of rotatable bonds is 6. The molecule has 0 spiro atoms. The Morgan fingerprint density at radius 1 is 1.11 bits per heavy atom. The van der Waals surface area contributed by atoms with Gasteiger partial charge in [0.2, 0.25) is 6.41 Å². The van der Waals surface area contributed by atoms with E-state index in [9.17, 15) is 9.59 Å². The van der Waals surface area contributed by atoms with Crippen LogP contribution in [0.25, 0.3) is 22.3 Å². The van der Waals surface area contributed by atoms with Gasteiger partial charge in [0.25, 0.3) is 0 Å². The van der Waals surface area contributed by atoms with E-state index in [0.29, 0.717) is 13.0 Å². The summed E-state index contributed by atoms with van der Waals surface area (Å²) >= 11 is 0. The highest BCUT2D eigenvalue weighted by Crippen LogP contribution is 2.36. The Hall–Kier alpha value is -4.05. The van der Waals surface area contributed by atoms with Gasteiger partial charge in [0.05, 0.1) is 41.7 Å². The van der Waals surface area contributed by atoms with Crippen LogP contribution in [-0.2, 0) is 16.6 Å². The first-order valence-corrected chi connectivity index (χ1v) is 12.9. The fraction of sp³-hybridized carbons (Fsp3) is 0.393. The maximum Gasteiger partial charge on any atom is 0.211 e. The van der Waals surface area contributed by atoms with E-state index in [1.165, 1.54) is 31.4 Å². The van der Waals surface area contributed by atoms with Crippen LogP contribution in [0.3, 0.4) is 0 Å². The Bertz CT molecular complexity index is 1380. The van der Waals surface area contributed by atoms with Crippen molar-refractivity contribution in [3.05, 3.63) is 54.2 Å². The van der Waals surface area contributed by atoms with E-state index < -0.39 is 0 Å². The summed E-state index contributed by atoms with van der Waals surface area (Å²) in [6.45, 7) is 5.74. The van der Waals surface area contributed by atoms with Crippen LogP contribution in [0, 0.1) is 19.8 Å². The number of hydrogen-bond donors (Lipinski definition) is 3. The average molecular weight is 517 g/mol. The predicted molar refractivity (Wildman–Crippen MR) is 150 cm³/mol. The van der Waals surface area contributed by atoms with E-state index in [4.69, 9.17) is 0 Å². The number of aryl methyl sites for hydroxylation is 3. The van der Waals surface area contributed by atoms with Crippen molar-refractivity contribution in [1.29, 1.82) is 0 Å². The number of amides is 1. The topological polar surface area (TPSA) is 121 Å². The van der Waals surface area contributed by atoms with Crippen LogP contribution < -0.4 is 10.6 Å². The first kappa shape index (κ1) is 27.0. The third-order valence-electron chi connectivity index (χ3n) is 7.04. The second-order valence-corrected chi connectivity index (χ2v) is 9.86. The van der Waals surface area contributed by atoms with E-state index in [0.717, 1.165) is 57.6 Å². The number of likely N-dealkylation sites (tertiary alicyclic amines) is 1. The third-order valence-corrected chi connectivity index (χ3v) is 7.04. The van der Waals surface area contributed by atoms with Gasteiger partial charge in [-0.15, -0.1) is 0 Å². The number of anilines is 2. The molecule has 1 saturated heterocycles. The van der Waals surface area contributed by atoms with Crippen LogP contribution >= 0.6 is 0 Å². The first-order valence-electron chi connectivity index (χ1n) is 12.9. The minimum atomic E-state index is 0.642. The number of hydrogen-bond acceptors (Lipinski definition) is 7. The number of fused-ring (bicyclic) bond motifs is 3. The Labute approximate surface area is 222 Å². The van der Waals surface area contributed by atoms with E-state index in [1.54, 1.807) is 17.9 Å². The van der Waals surface area contributed by atoms with E-state index in [-0.39, 0.29) is 0 Å². The highest BCUT2D eigenvalue weighted by molar-refractivity contribution is 5.83. The first-order chi connectivity index (χ1) is 18.4. The monoisotopic (exact) mass is 516 g/mol. The third kappa shape index (κ3) is 6.63. The molecule has 0 radical (unpaired) electrons. The smallest absolute Gasteiger partial charge is 0.211 e. The number of nitrogens with zero attached hydrogens (tertiary/aromatic N) is 5. The molecule has 6 rings (SSSR count). The van der Waals surface area contributed by atoms with Crippen molar-refractivity contribution < 1.29 is 9.59 Å². The van der Waals surface area contributed by atoms with Crippen molar-refractivity contribution in [3.8, 4) is 11.3 Å². The predicted octanol–water partition coefficient (Wildman–Crippen LogP) is 3.94. The molecular weight excluding hydrogens is 480 g/mol. The van der Waals surface area contributed by atoms with E-state index >= 15 is 0 Å². The van der Waals surface area contributed by atoms with Gasteiger partial charge in [0.15, 0.2) is 0 Å². The van der Waals surface area contributed by atoms with Crippen molar-refractivity contribution in [3.63, 3.8) is 0 Å². The van der Waals surface area contributed by atoms with Crippen molar-refractivity contribution in [2.45, 2.75) is 39.2 Å². The summed E-state index contributed by atoms with van der Waals surface area (Å²) in [6.07, 6.45) is 13.2. The van der Waals surface area contributed by atoms with Crippen molar-refractivity contribution in [2.75, 3.05) is 30.8 Å². The second-order valence-electron chi connectivity index (χ2n) is 9.86. The largest absolute Gasteiger partial charge is 0.387 e. The van der Waals surface area contributed by atoms with Crippen molar-refractivity contribution in [2.24, 2.45) is 13.0 Å². The lowest BCUT2D eigenvalue weighted by atomic mass is 10.1. The Morgan fingerprint density at radius 3 is 2.58 bits per heavy atom. The summed E-state index contributed by atoms with van der Waals surface area (Å²) in [5, 5.41) is 10.8. The number of carbonyl (C=O) groups is 2.